The summed E-state index contributed by atoms with van der Waals surface area (Å²) in [6.07, 6.45) is 12.2. The van der Waals surface area contributed by atoms with Crippen molar-refractivity contribution in [2.24, 2.45) is 5.92 Å². The van der Waals surface area contributed by atoms with E-state index in [0.29, 0.717) is 25.8 Å². The van der Waals surface area contributed by atoms with Crippen LogP contribution < -0.4 is 19.9 Å². The SMILES string of the molecule is C=C1OCC(COc2ccc(OCCCCCCCCCCCCOc3ccc(-c4ccc(N)c(F)c4)cc3)cc2)CO1. The number of hydrogen-bond acceptors (Lipinski definition) is 6. The average Bonchev–Trinajstić information content (AvgIpc) is 3.03. The lowest BCUT2D eigenvalue weighted by Gasteiger charge is -2.24. The summed E-state index contributed by atoms with van der Waals surface area (Å²) in [7, 11) is 0. The van der Waals surface area contributed by atoms with Crippen molar-refractivity contribution >= 4 is 5.69 Å². The van der Waals surface area contributed by atoms with Crippen LogP contribution in [0.5, 0.6) is 17.2 Å². The van der Waals surface area contributed by atoms with Crippen molar-refractivity contribution in [2.45, 2.75) is 64.2 Å². The average molecular weight is 592 g/mol. The minimum absolute atomic E-state index is 0.165. The first-order valence-electron chi connectivity index (χ1n) is 15.7. The fourth-order valence-electron chi connectivity index (χ4n) is 4.90. The second-order valence-corrected chi connectivity index (χ2v) is 11.1. The van der Waals surface area contributed by atoms with Crippen LogP contribution >= 0.6 is 0 Å². The molecule has 1 aliphatic heterocycles. The third kappa shape index (κ3) is 11.7. The Hall–Kier alpha value is -3.87. The first-order valence-corrected chi connectivity index (χ1v) is 15.7. The zero-order valence-electron chi connectivity index (χ0n) is 25.2. The lowest BCUT2D eigenvalue weighted by atomic mass is 10.1. The minimum Gasteiger partial charge on any atom is -0.494 e. The van der Waals surface area contributed by atoms with Crippen molar-refractivity contribution in [1.29, 1.82) is 0 Å². The maximum Gasteiger partial charge on any atom is 0.271 e. The highest BCUT2D eigenvalue weighted by molar-refractivity contribution is 5.66. The van der Waals surface area contributed by atoms with Crippen molar-refractivity contribution in [3.8, 4) is 28.4 Å². The molecule has 0 radical (unpaired) electrons. The van der Waals surface area contributed by atoms with Crippen LogP contribution in [-0.2, 0) is 9.47 Å². The molecule has 1 aliphatic rings. The fraction of sp³-hybridized carbons (Fsp3) is 0.444. The van der Waals surface area contributed by atoms with Gasteiger partial charge in [0.2, 0.25) is 0 Å². The third-order valence-corrected chi connectivity index (χ3v) is 7.53. The predicted octanol–water partition coefficient (Wildman–Crippen LogP) is 8.95. The van der Waals surface area contributed by atoms with E-state index >= 15 is 0 Å². The Labute approximate surface area is 255 Å². The van der Waals surface area contributed by atoms with Crippen molar-refractivity contribution in [3.63, 3.8) is 0 Å². The first kappa shape index (κ1) is 32.1. The molecule has 43 heavy (non-hydrogen) atoms. The molecule has 7 heteroatoms. The monoisotopic (exact) mass is 591 g/mol. The van der Waals surface area contributed by atoms with Crippen LogP contribution in [0.1, 0.15) is 64.2 Å². The molecule has 0 unspecified atom stereocenters. The number of halogens is 1. The Morgan fingerprint density at radius 1 is 0.628 bits per heavy atom. The lowest BCUT2D eigenvalue weighted by Crippen LogP contribution is -2.27. The fourth-order valence-corrected chi connectivity index (χ4v) is 4.90. The van der Waals surface area contributed by atoms with E-state index in [2.05, 4.69) is 6.58 Å². The topological polar surface area (TPSA) is 72.2 Å². The molecule has 4 rings (SSSR count). The summed E-state index contributed by atoms with van der Waals surface area (Å²) < 4.78 is 41.9. The van der Waals surface area contributed by atoms with Crippen molar-refractivity contribution in [2.75, 3.05) is 38.8 Å². The summed E-state index contributed by atoms with van der Waals surface area (Å²) in [6.45, 7) is 6.82. The summed E-state index contributed by atoms with van der Waals surface area (Å²) in [6, 6.07) is 20.5. The van der Waals surface area contributed by atoms with Gasteiger partial charge < -0.3 is 29.4 Å². The van der Waals surface area contributed by atoms with Crippen molar-refractivity contribution in [1.82, 2.24) is 0 Å². The number of anilines is 1. The molecule has 0 bridgehead atoms. The molecule has 3 aromatic carbocycles. The summed E-state index contributed by atoms with van der Waals surface area (Å²) in [5.41, 5.74) is 7.48. The van der Waals surface area contributed by atoms with Crippen LogP contribution in [0.4, 0.5) is 10.1 Å². The number of nitrogens with two attached hydrogens (primary N) is 1. The summed E-state index contributed by atoms with van der Waals surface area (Å²) in [5.74, 6) is 2.75. The van der Waals surface area contributed by atoms with Crippen LogP contribution in [0.25, 0.3) is 11.1 Å². The molecule has 0 aliphatic carbocycles. The number of rotatable bonds is 19. The standard InChI is InChI=1S/C36H46FNO5/c1-28-41-25-29(26-42-28)27-43-34-19-17-33(18-20-34)40-23-11-9-7-5-3-2-4-6-8-10-22-39-32-15-12-30(13-16-32)31-14-21-36(38)35(37)24-31/h12-21,24,29H,1-11,22-23,25-27,38H2. The second-order valence-electron chi connectivity index (χ2n) is 11.1. The smallest absolute Gasteiger partial charge is 0.271 e. The van der Waals surface area contributed by atoms with E-state index in [9.17, 15) is 4.39 Å². The molecule has 0 atom stereocenters. The van der Waals surface area contributed by atoms with Gasteiger partial charge in [0, 0.05) is 0 Å². The molecule has 1 heterocycles. The van der Waals surface area contributed by atoms with E-state index < -0.39 is 5.82 Å². The Morgan fingerprint density at radius 3 is 1.58 bits per heavy atom. The summed E-state index contributed by atoms with van der Waals surface area (Å²) in [4.78, 5) is 0. The van der Waals surface area contributed by atoms with E-state index in [1.807, 2.05) is 54.6 Å². The van der Waals surface area contributed by atoms with Gasteiger partial charge in [-0.2, -0.15) is 0 Å². The molecule has 1 saturated heterocycles. The van der Waals surface area contributed by atoms with Gasteiger partial charge in [-0.05, 0) is 79.1 Å². The van der Waals surface area contributed by atoms with E-state index in [1.54, 1.807) is 6.07 Å². The minimum atomic E-state index is -0.393. The van der Waals surface area contributed by atoms with Gasteiger partial charge in [0.15, 0.2) is 0 Å². The van der Waals surface area contributed by atoms with Gasteiger partial charge in [0.05, 0.1) is 31.4 Å². The van der Waals surface area contributed by atoms with Crippen molar-refractivity contribution in [3.05, 3.63) is 85.1 Å². The maximum atomic E-state index is 13.7. The molecule has 0 spiro atoms. The van der Waals surface area contributed by atoms with Crippen LogP contribution in [0.15, 0.2) is 79.3 Å². The molecule has 0 aromatic heterocycles. The maximum absolute atomic E-state index is 13.7. The second kappa shape index (κ2) is 17.9. The first-order chi connectivity index (χ1) is 21.1. The van der Waals surface area contributed by atoms with Crippen LogP contribution in [0, 0.1) is 11.7 Å². The molecule has 1 fully saturated rings. The predicted molar refractivity (Wildman–Crippen MR) is 170 cm³/mol. The Bertz CT molecular complexity index is 1220. The molecule has 232 valence electrons. The van der Waals surface area contributed by atoms with Gasteiger partial charge in [-0.1, -0.05) is 69.6 Å². The van der Waals surface area contributed by atoms with Crippen molar-refractivity contribution < 1.29 is 28.1 Å². The summed E-state index contributed by atoms with van der Waals surface area (Å²) in [5, 5.41) is 0. The van der Waals surface area contributed by atoms with Crippen LogP contribution in [-0.4, -0.2) is 33.0 Å². The molecule has 0 saturated carbocycles. The number of nitrogen functional groups attached to an aromatic ring is 1. The number of unbranched alkanes of at least 4 members (excludes halogenated alkanes) is 9. The van der Waals surface area contributed by atoms with Crippen LogP contribution in [0.3, 0.4) is 0 Å². The van der Waals surface area contributed by atoms with Gasteiger partial charge in [-0.25, -0.2) is 4.39 Å². The highest BCUT2D eigenvalue weighted by Gasteiger charge is 2.18. The molecular weight excluding hydrogens is 545 g/mol. The quantitative estimate of drug-likeness (QED) is 0.111. The zero-order chi connectivity index (χ0) is 30.1. The highest BCUT2D eigenvalue weighted by atomic mass is 19.1. The van der Waals surface area contributed by atoms with Gasteiger partial charge in [0.1, 0.15) is 36.3 Å². The van der Waals surface area contributed by atoms with E-state index in [1.165, 1.54) is 57.4 Å². The van der Waals surface area contributed by atoms with E-state index in [-0.39, 0.29) is 11.6 Å². The van der Waals surface area contributed by atoms with E-state index in [4.69, 9.17) is 29.4 Å². The number of ether oxygens (including phenoxy) is 5. The van der Waals surface area contributed by atoms with Gasteiger partial charge >= 0.3 is 0 Å². The third-order valence-electron chi connectivity index (χ3n) is 7.53. The number of benzene rings is 3. The van der Waals surface area contributed by atoms with Crippen LogP contribution in [0.2, 0.25) is 0 Å². The highest BCUT2D eigenvalue weighted by Crippen LogP contribution is 2.25. The lowest BCUT2D eigenvalue weighted by molar-refractivity contribution is -0.0594. The molecule has 3 aromatic rings. The Kier molecular flexibility index (Phi) is 13.4. The van der Waals surface area contributed by atoms with Gasteiger partial charge in [-0.15, -0.1) is 0 Å². The van der Waals surface area contributed by atoms with E-state index in [0.717, 1.165) is 54.4 Å². The van der Waals surface area contributed by atoms with Gasteiger partial charge in [-0.3, -0.25) is 0 Å². The molecular formula is C36H46FNO5. The normalized spacial score (nSPS) is 13.3. The largest absolute Gasteiger partial charge is 0.494 e. The molecule has 6 nitrogen and oxygen atoms in total. The Balaban J connectivity index is 0.924. The number of hydrogen-bond donors (Lipinski definition) is 1. The molecule has 2 N–H and O–H groups in total. The zero-order valence-corrected chi connectivity index (χ0v) is 25.2. The Morgan fingerprint density at radius 2 is 1.07 bits per heavy atom. The van der Waals surface area contributed by atoms with Gasteiger partial charge in [0.25, 0.3) is 5.95 Å². The summed E-state index contributed by atoms with van der Waals surface area (Å²) >= 11 is 0. The molecule has 0 amide bonds.